The lowest BCUT2D eigenvalue weighted by Gasteiger charge is -2.26. The van der Waals surface area contributed by atoms with Crippen molar-refractivity contribution in [3.8, 4) is 5.75 Å². The maximum absolute atomic E-state index is 13.0. The van der Waals surface area contributed by atoms with E-state index in [4.69, 9.17) is 16.3 Å². The fraction of sp³-hybridized carbons (Fsp3) is 0.222. The van der Waals surface area contributed by atoms with Crippen LogP contribution < -0.4 is 4.74 Å². The Bertz CT molecular complexity index is 1040. The van der Waals surface area contributed by atoms with Gasteiger partial charge in [-0.15, -0.1) is 0 Å². The number of hydrogen-bond acceptors (Lipinski definition) is 3. The van der Waals surface area contributed by atoms with Gasteiger partial charge in [0, 0.05) is 41.1 Å². The Morgan fingerprint density at radius 2 is 1.92 bits per heavy atom. The minimum Gasteiger partial charge on any atom is -0.497 e. The summed E-state index contributed by atoms with van der Waals surface area (Å²) in [7, 11) is -2.00. The lowest BCUT2D eigenvalue weighted by atomic mass is 10.1. The number of ether oxygens (including phenoxy) is 1. The van der Waals surface area contributed by atoms with E-state index in [9.17, 15) is 8.42 Å². The molecule has 0 atom stereocenters. The van der Waals surface area contributed by atoms with Gasteiger partial charge in [0.2, 0.25) is 10.0 Å². The van der Waals surface area contributed by atoms with Crippen molar-refractivity contribution in [3.05, 3.63) is 58.7 Å². The molecule has 25 heavy (non-hydrogen) atoms. The second-order valence-electron chi connectivity index (χ2n) is 6.04. The molecule has 0 amide bonds. The van der Waals surface area contributed by atoms with Gasteiger partial charge in [0.15, 0.2) is 0 Å². The first-order valence-electron chi connectivity index (χ1n) is 7.92. The van der Waals surface area contributed by atoms with Crippen LogP contribution in [0, 0.1) is 0 Å². The predicted octanol–water partition coefficient (Wildman–Crippen LogP) is 3.58. The second kappa shape index (κ2) is 6.05. The van der Waals surface area contributed by atoms with Crippen LogP contribution >= 0.6 is 11.6 Å². The number of methoxy groups -OCH3 is 1. The molecule has 0 bridgehead atoms. The van der Waals surface area contributed by atoms with E-state index in [-0.39, 0.29) is 4.90 Å². The number of aromatic amines is 1. The maximum atomic E-state index is 13.0. The van der Waals surface area contributed by atoms with Crippen molar-refractivity contribution >= 4 is 32.5 Å². The Kier molecular flexibility index (Phi) is 3.98. The SMILES string of the molecule is COc1ccc(S(=O)(=O)N2CCc3[nH]c4ccc(Cl)cc4c3C2)cc1. The number of fused-ring (bicyclic) bond motifs is 3. The predicted molar refractivity (Wildman–Crippen MR) is 97.6 cm³/mol. The van der Waals surface area contributed by atoms with Gasteiger partial charge in [-0.25, -0.2) is 8.42 Å². The van der Waals surface area contributed by atoms with Crippen molar-refractivity contribution in [1.29, 1.82) is 0 Å². The summed E-state index contributed by atoms with van der Waals surface area (Å²) >= 11 is 6.11. The normalized spacial score (nSPS) is 15.3. The fourth-order valence-corrected chi connectivity index (χ4v) is 4.84. The highest BCUT2D eigenvalue weighted by molar-refractivity contribution is 7.89. The molecule has 7 heteroatoms. The van der Waals surface area contributed by atoms with Crippen LogP contribution in [0.2, 0.25) is 5.02 Å². The molecule has 0 unspecified atom stereocenters. The number of H-pyrrole nitrogens is 1. The Balaban J connectivity index is 1.71. The molecule has 3 aromatic rings. The van der Waals surface area contributed by atoms with Crippen LogP contribution in [0.15, 0.2) is 47.4 Å². The number of hydrogen-bond donors (Lipinski definition) is 1. The zero-order valence-corrected chi connectivity index (χ0v) is 15.2. The third kappa shape index (κ3) is 2.80. The summed E-state index contributed by atoms with van der Waals surface area (Å²) in [5.74, 6) is 0.631. The van der Waals surface area contributed by atoms with Gasteiger partial charge in [-0.05, 0) is 48.0 Å². The zero-order valence-electron chi connectivity index (χ0n) is 13.6. The van der Waals surface area contributed by atoms with E-state index in [0.717, 1.165) is 22.2 Å². The van der Waals surface area contributed by atoms with Crippen molar-refractivity contribution in [1.82, 2.24) is 9.29 Å². The molecular weight excluding hydrogens is 360 g/mol. The molecule has 0 fully saturated rings. The standard InChI is InChI=1S/C18H17ClN2O3S/c1-24-13-3-5-14(6-4-13)25(22,23)21-9-8-18-16(11-21)15-10-12(19)2-7-17(15)20-18/h2-7,10,20H,8-9,11H2,1H3. The number of nitrogens with one attached hydrogen (secondary N) is 1. The Morgan fingerprint density at radius 3 is 2.64 bits per heavy atom. The molecule has 2 heterocycles. The Hall–Kier alpha value is -2.02. The summed E-state index contributed by atoms with van der Waals surface area (Å²) in [5.41, 5.74) is 3.07. The summed E-state index contributed by atoms with van der Waals surface area (Å²) in [4.78, 5) is 3.65. The van der Waals surface area contributed by atoms with Gasteiger partial charge in [0.1, 0.15) is 5.75 Å². The molecule has 5 nitrogen and oxygen atoms in total. The van der Waals surface area contributed by atoms with Crippen LogP contribution in [0.3, 0.4) is 0 Å². The molecule has 0 radical (unpaired) electrons. The first-order valence-corrected chi connectivity index (χ1v) is 9.74. The van der Waals surface area contributed by atoms with Crippen molar-refractivity contribution in [2.45, 2.75) is 17.9 Å². The van der Waals surface area contributed by atoms with E-state index in [1.165, 1.54) is 4.31 Å². The van der Waals surface area contributed by atoms with Crippen LogP contribution in [0.5, 0.6) is 5.75 Å². The third-order valence-corrected chi connectivity index (χ3v) is 6.69. The largest absolute Gasteiger partial charge is 0.497 e. The minimum absolute atomic E-state index is 0.273. The average Bonchev–Trinajstić information content (AvgIpc) is 2.99. The highest BCUT2D eigenvalue weighted by Crippen LogP contribution is 2.32. The molecule has 1 N–H and O–H groups in total. The summed E-state index contributed by atoms with van der Waals surface area (Å²) in [6.45, 7) is 0.784. The topological polar surface area (TPSA) is 62.4 Å². The lowest BCUT2D eigenvalue weighted by Crippen LogP contribution is -2.35. The molecule has 0 saturated heterocycles. The van der Waals surface area contributed by atoms with Gasteiger partial charge in [0.05, 0.1) is 12.0 Å². The van der Waals surface area contributed by atoms with Crippen LogP contribution in [0.4, 0.5) is 0 Å². The summed E-state index contributed by atoms with van der Waals surface area (Å²) in [6.07, 6.45) is 0.650. The minimum atomic E-state index is -3.56. The zero-order chi connectivity index (χ0) is 17.6. The van der Waals surface area contributed by atoms with Gasteiger partial charge in [-0.2, -0.15) is 4.31 Å². The molecule has 0 spiro atoms. The molecule has 2 aromatic carbocycles. The van der Waals surface area contributed by atoms with E-state index in [1.807, 2.05) is 18.2 Å². The molecule has 1 aliphatic heterocycles. The molecule has 130 valence electrons. The van der Waals surface area contributed by atoms with Crippen LogP contribution in [-0.2, 0) is 23.0 Å². The summed E-state index contributed by atoms with van der Waals surface area (Å²) in [5, 5.41) is 1.63. The van der Waals surface area contributed by atoms with E-state index in [0.29, 0.717) is 30.3 Å². The number of halogens is 1. The van der Waals surface area contributed by atoms with Crippen molar-refractivity contribution < 1.29 is 13.2 Å². The molecule has 1 aromatic heterocycles. The molecule has 1 aliphatic rings. The number of rotatable bonds is 3. The average molecular weight is 377 g/mol. The van der Waals surface area contributed by atoms with Gasteiger partial charge < -0.3 is 9.72 Å². The second-order valence-corrected chi connectivity index (χ2v) is 8.41. The molecule has 0 aliphatic carbocycles. The Morgan fingerprint density at radius 1 is 1.16 bits per heavy atom. The van der Waals surface area contributed by atoms with Crippen LogP contribution in [-0.4, -0.2) is 31.4 Å². The number of aromatic nitrogens is 1. The van der Waals surface area contributed by atoms with Crippen molar-refractivity contribution in [2.75, 3.05) is 13.7 Å². The first-order chi connectivity index (χ1) is 12.0. The van der Waals surface area contributed by atoms with E-state index < -0.39 is 10.0 Å². The van der Waals surface area contributed by atoms with Gasteiger partial charge in [0.25, 0.3) is 0 Å². The van der Waals surface area contributed by atoms with Gasteiger partial charge in [-0.1, -0.05) is 11.6 Å². The quantitative estimate of drug-likeness (QED) is 0.760. The molecule has 4 rings (SSSR count). The number of nitrogens with zero attached hydrogens (tertiary/aromatic N) is 1. The lowest BCUT2D eigenvalue weighted by molar-refractivity contribution is 0.391. The third-order valence-electron chi connectivity index (χ3n) is 4.60. The van der Waals surface area contributed by atoms with Crippen molar-refractivity contribution in [2.24, 2.45) is 0 Å². The van der Waals surface area contributed by atoms with Crippen molar-refractivity contribution in [3.63, 3.8) is 0 Å². The number of sulfonamides is 1. The van der Waals surface area contributed by atoms with E-state index in [2.05, 4.69) is 4.98 Å². The Labute approximate surface area is 151 Å². The van der Waals surface area contributed by atoms with E-state index >= 15 is 0 Å². The molecular formula is C18H17ClN2O3S. The number of benzene rings is 2. The van der Waals surface area contributed by atoms with Crippen LogP contribution in [0.25, 0.3) is 10.9 Å². The summed E-state index contributed by atoms with van der Waals surface area (Å²) < 4.78 is 32.6. The van der Waals surface area contributed by atoms with Gasteiger partial charge in [-0.3, -0.25) is 0 Å². The van der Waals surface area contributed by atoms with E-state index in [1.54, 1.807) is 31.4 Å². The highest BCUT2D eigenvalue weighted by Gasteiger charge is 2.30. The van der Waals surface area contributed by atoms with Gasteiger partial charge >= 0.3 is 0 Å². The van der Waals surface area contributed by atoms with Crippen LogP contribution in [0.1, 0.15) is 11.3 Å². The summed E-state index contributed by atoms with van der Waals surface area (Å²) in [6, 6.07) is 12.1. The smallest absolute Gasteiger partial charge is 0.243 e. The fourth-order valence-electron chi connectivity index (χ4n) is 3.26. The monoisotopic (exact) mass is 376 g/mol. The molecule has 0 saturated carbocycles. The maximum Gasteiger partial charge on any atom is 0.243 e. The first kappa shape index (κ1) is 16.4. The highest BCUT2D eigenvalue weighted by atomic mass is 35.5.